The van der Waals surface area contributed by atoms with Crippen LogP contribution in [0.3, 0.4) is 0 Å². The third-order valence-corrected chi connectivity index (χ3v) is 7.83. The number of aliphatic hydroxyl groups excluding tert-OH is 1. The second-order valence-corrected chi connectivity index (χ2v) is 11.0. The van der Waals surface area contributed by atoms with Crippen LogP contribution in [0.15, 0.2) is 109 Å². The number of ether oxygens (including phenoxy) is 2. The van der Waals surface area contributed by atoms with Gasteiger partial charge in [-0.3, -0.25) is 0 Å². The molecule has 0 radical (unpaired) electrons. The molecule has 1 atom stereocenters. The van der Waals surface area contributed by atoms with E-state index >= 15 is 0 Å². The molecule has 1 unspecified atom stereocenters. The Bertz CT molecular complexity index is 1540. The molecule has 6 heteroatoms. The number of hydrogen-bond donors (Lipinski definition) is 1. The van der Waals surface area contributed by atoms with Crippen LogP contribution in [0.1, 0.15) is 59.2 Å². The molecule has 0 aliphatic carbocycles. The highest BCUT2D eigenvalue weighted by molar-refractivity contribution is 6.30. The van der Waals surface area contributed by atoms with E-state index in [0.717, 1.165) is 27.9 Å². The minimum atomic E-state index is -1.07. The van der Waals surface area contributed by atoms with E-state index in [1.807, 2.05) is 51.4 Å². The number of hydrogen-bond acceptors (Lipinski definition) is 4. The zero-order valence-electron chi connectivity index (χ0n) is 22.7. The number of fused-ring (bicyclic) bond motifs is 1. The minimum Gasteiger partial charge on any atom is -0.462 e. The Morgan fingerprint density at radius 2 is 1.40 bits per heavy atom. The van der Waals surface area contributed by atoms with Crippen LogP contribution in [0.4, 0.5) is 0 Å². The lowest BCUT2D eigenvalue weighted by Crippen LogP contribution is -2.38. The third-order valence-electron chi connectivity index (χ3n) is 7.62. The van der Waals surface area contributed by atoms with Crippen LogP contribution in [-0.4, -0.2) is 20.4 Å². The maximum absolute atomic E-state index is 11.9. The predicted octanol–water partition coefficient (Wildman–Crippen LogP) is 7.41. The highest BCUT2D eigenvalue weighted by Gasteiger charge is 2.41. The molecule has 1 aliphatic rings. The summed E-state index contributed by atoms with van der Waals surface area (Å²) in [5, 5.41) is 12.4. The molecule has 0 bridgehead atoms. The van der Waals surface area contributed by atoms with Gasteiger partial charge < -0.3 is 19.1 Å². The van der Waals surface area contributed by atoms with Crippen LogP contribution in [0.5, 0.6) is 5.75 Å². The van der Waals surface area contributed by atoms with E-state index in [9.17, 15) is 5.11 Å². The van der Waals surface area contributed by atoms with Gasteiger partial charge in [0.15, 0.2) is 0 Å². The zero-order chi connectivity index (χ0) is 27.9. The summed E-state index contributed by atoms with van der Waals surface area (Å²) in [6.45, 7) is 6.05. The van der Waals surface area contributed by atoms with Crippen molar-refractivity contribution in [1.29, 1.82) is 0 Å². The van der Waals surface area contributed by atoms with Crippen molar-refractivity contribution in [2.75, 3.05) is 0 Å². The fraction of sp³-hybridized carbons (Fsp3) is 0.206. The van der Waals surface area contributed by atoms with E-state index in [2.05, 4.69) is 77.4 Å². The normalized spacial score (nSPS) is 15.2. The first-order chi connectivity index (χ1) is 19.3. The van der Waals surface area contributed by atoms with Gasteiger partial charge in [0.1, 0.15) is 17.4 Å². The van der Waals surface area contributed by atoms with E-state index in [1.165, 1.54) is 0 Å². The lowest BCUT2D eigenvalue weighted by molar-refractivity contribution is -0.180. The first-order valence-electron chi connectivity index (χ1n) is 13.4. The Morgan fingerprint density at radius 3 is 1.93 bits per heavy atom. The second-order valence-electron chi connectivity index (χ2n) is 10.6. The molecule has 0 fully saturated rings. The molecule has 202 valence electrons. The van der Waals surface area contributed by atoms with Gasteiger partial charge in [0.2, 0.25) is 5.79 Å². The zero-order valence-corrected chi connectivity index (χ0v) is 23.5. The molecule has 1 N–H and O–H groups in total. The molecular weight excluding hydrogens is 520 g/mol. The summed E-state index contributed by atoms with van der Waals surface area (Å²) in [5.41, 5.74) is 5.22. The number of benzene rings is 4. The van der Waals surface area contributed by atoms with Gasteiger partial charge in [-0.2, -0.15) is 0 Å². The third kappa shape index (κ3) is 4.40. The number of nitrogens with zero attached hydrogens (tertiary/aromatic N) is 2. The first kappa shape index (κ1) is 26.3. The van der Waals surface area contributed by atoms with Crippen LogP contribution >= 0.6 is 11.6 Å². The predicted molar refractivity (Wildman–Crippen MR) is 157 cm³/mol. The van der Waals surface area contributed by atoms with Gasteiger partial charge in [-0.05, 0) is 35.7 Å². The van der Waals surface area contributed by atoms with Crippen molar-refractivity contribution in [1.82, 2.24) is 9.55 Å². The van der Waals surface area contributed by atoms with Crippen molar-refractivity contribution in [2.45, 2.75) is 44.8 Å². The van der Waals surface area contributed by atoms with Gasteiger partial charge in [0.25, 0.3) is 0 Å². The Morgan fingerprint density at radius 1 is 0.875 bits per heavy atom. The average Bonchev–Trinajstić information content (AvgIpc) is 3.36. The number of rotatable bonds is 6. The highest BCUT2D eigenvalue weighted by Crippen LogP contribution is 2.45. The highest BCUT2D eigenvalue weighted by atomic mass is 35.5. The van der Waals surface area contributed by atoms with Crippen molar-refractivity contribution in [3.8, 4) is 5.75 Å². The standard InChI is InChI=1S/C34H31ClN2O3/c1-23-30(31(38)29-20-28(35)19-24-21-39-33(2,3)40-32(24)29)36-22-37(23)34(25-13-7-4-8-14-25,26-15-9-5-10-16-26)27-17-11-6-12-18-27/h4-20,22,31,38H,21H2,1-3H3. The maximum atomic E-state index is 11.9. The van der Waals surface area contributed by atoms with E-state index in [-0.39, 0.29) is 0 Å². The molecule has 40 heavy (non-hydrogen) atoms. The molecule has 0 saturated heterocycles. The summed E-state index contributed by atoms with van der Waals surface area (Å²) in [4.78, 5) is 4.83. The summed E-state index contributed by atoms with van der Waals surface area (Å²) >= 11 is 6.49. The average molecular weight is 551 g/mol. The Kier molecular flexibility index (Phi) is 6.75. The van der Waals surface area contributed by atoms with Crippen LogP contribution in [0.25, 0.3) is 0 Å². The number of halogens is 1. The fourth-order valence-electron chi connectivity index (χ4n) is 5.77. The van der Waals surface area contributed by atoms with Crippen LogP contribution in [0, 0.1) is 6.92 Å². The van der Waals surface area contributed by atoms with Crippen molar-refractivity contribution < 1.29 is 14.6 Å². The van der Waals surface area contributed by atoms with Crippen molar-refractivity contribution in [3.63, 3.8) is 0 Å². The molecule has 0 saturated carbocycles. The maximum Gasteiger partial charge on any atom is 0.205 e. The van der Waals surface area contributed by atoms with E-state index in [1.54, 1.807) is 6.07 Å². The van der Waals surface area contributed by atoms with Gasteiger partial charge in [-0.15, -0.1) is 0 Å². The Hall–Kier alpha value is -3.90. The van der Waals surface area contributed by atoms with Crippen LogP contribution < -0.4 is 4.74 Å². The monoisotopic (exact) mass is 550 g/mol. The minimum absolute atomic E-state index is 0.342. The van der Waals surface area contributed by atoms with Gasteiger partial charge in [0.05, 0.1) is 18.6 Å². The fourth-order valence-corrected chi connectivity index (χ4v) is 6.02. The van der Waals surface area contributed by atoms with Crippen molar-refractivity contribution in [2.24, 2.45) is 0 Å². The molecule has 4 aromatic carbocycles. The SMILES string of the molecule is Cc1c(C(O)c2cc(Cl)cc3c2OC(C)(C)OC3)ncn1C(c1ccccc1)(c1ccccc1)c1ccccc1. The van der Waals surface area contributed by atoms with Gasteiger partial charge in [-0.25, -0.2) is 4.98 Å². The van der Waals surface area contributed by atoms with Gasteiger partial charge in [-0.1, -0.05) is 103 Å². The molecule has 5 aromatic rings. The lowest BCUT2D eigenvalue weighted by atomic mass is 9.76. The number of aliphatic hydroxyl groups is 1. The van der Waals surface area contributed by atoms with Crippen molar-refractivity contribution >= 4 is 11.6 Å². The molecular formula is C34H31ClN2O3. The largest absolute Gasteiger partial charge is 0.462 e. The molecule has 0 spiro atoms. The smallest absolute Gasteiger partial charge is 0.205 e. The van der Waals surface area contributed by atoms with Crippen molar-refractivity contribution in [3.05, 3.63) is 154 Å². The Labute approximate surface area is 239 Å². The molecule has 2 heterocycles. The summed E-state index contributed by atoms with van der Waals surface area (Å²) in [5.74, 6) is -0.241. The number of aromatic nitrogens is 2. The summed E-state index contributed by atoms with van der Waals surface area (Å²) in [6, 6.07) is 34.8. The quantitative estimate of drug-likeness (QED) is 0.224. The van der Waals surface area contributed by atoms with E-state index in [4.69, 9.17) is 26.1 Å². The van der Waals surface area contributed by atoms with Gasteiger partial charge in [0, 0.05) is 35.7 Å². The molecule has 6 rings (SSSR count). The molecule has 0 amide bonds. The van der Waals surface area contributed by atoms with Crippen LogP contribution in [0.2, 0.25) is 5.02 Å². The topological polar surface area (TPSA) is 56.5 Å². The lowest BCUT2D eigenvalue weighted by Gasteiger charge is -2.38. The summed E-state index contributed by atoms with van der Waals surface area (Å²) < 4.78 is 14.2. The van der Waals surface area contributed by atoms with E-state index in [0.29, 0.717) is 28.6 Å². The van der Waals surface area contributed by atoms with Crippen LogP contribution in [-0.2, 0) is 16.9 Å². The van der Waals surface area contributed by atoms with Gasteiger partial charge >= 0.3 is 0 Å². The summed E-state index contributed by atoms with van der Waals surface area (Å²) in [7, 11) is 0. The molecule has 5 nitrogen and oxygen atoms in total. The summed E-state index contributed by atoms with van der Waals surface area (Å²) in [6.07, 6.45) is 0.758. The molecule has 1 aromatic heterocycles. The second kappa shape index (κ2) is 10.3. The Balaban J connectivity index is 1.58. The first-order valence-corrected chi connectivity index (χ1v) is 13.7. The molecule has 1 aliphatic heterocycles. The number of imidazole rings is 1. The van der Waals surface area contributed by atoms with E-state index < -0.39 is 17.4 Å².